The second kappa shape index (κ2) is 5.95. The molecule has 0 aliphatic carbocycles. The lowest BCUT2D eigenvalue weighted by Gasteiger charge is -2.14. The molecular weight excluding hydrogens is 240 g/mol. The molecule has 17 heavy (non-hydrogen) atoms. The third-order valence-corrected chi connectivity index (χ3v) is 3.47. The largest absolute Gasteiger partial charge is 0.494 e. The third-order valence-electron chi connectivity index (χ3n) is 2.56. The van der Waals surface area contributed by atoms with Crippen LogP contribution in [0, 0.1) is 5.92 Å². The van der Waals surface area contributed by atoms with Crippen molar-refractivity contribution in [1.82, 2.24) is 9.55 Å². The number of hydrogen-bond acceptors (Lipinski definition) is 4. The molecule has 1 rings (SSSR count). The van der Waals surface area contributed by atoms with Gasteiger partial charge in [0, 0.05) is 6.54 Å². The molecule has 2 N–H and O–H groups in total. The van der Waals surface area contributed by atoms with E-state index in [0.29, 0.717) is 13.0 Å². The summed E-state index contributed by atoms with van der Waals surface area (Å²) in [6.07, 6.45) is 2.39. The maximum atomic E-state index is 11.6. The van der Waals surface area contributed by atoms with Gasteiger partial charge in [0.15, 0.2) is 0 Å². The number of aromatic amines is 1. The molecule has 1 aromatic rings. The summed E-state index contributed by atoms with van der Waals surface area (Å²) >= 11 is 1.68. The van der Waals surface area contributed by atoms with Crippen molar-refractivity contribution in [2.24, 2.45) is 5.92 Å². The fourth-order valence-electron chi connectivity index (χ4n) is 1.74. The fourth-order valence-corrected chi connectivity index (χ4v) is 2.41. The number of aromatic hydroxyl groups is 1. The molecule has 1 heterocycles. The van der Waals surface area contributed by atoms with Crippen LogP contribution in [0.15, 0.2) is 9.59 Å². The zero-order valence-corrected chi connectivity index (χ0v) is 11.1. The molecule has 0 spiro atoms. The topological polar surface area (TPSA) is 75.1 Å². The predicted octanol–water partition coefficient (Wildman–Crippen LogP) is 0.804. The Morgan fingerprint density at radius 2 is 2.12 bits per heavy atom. The number of hydrogen-bond donors (Lipinski definition) is 2. The number of H-pyrrole nitrogens is 1. The van der Waals surface area contributed by atoms with E-state index in [4.69, 9.17) is 0 Å². The van der Waals surface area contributed by atoms with Crippen LogP contribution in [0.2, 0.25) is 0 Å². The van der Waals surface area contributed by atoms with Gasteiger partial charge in [-0.3, -0.25) is 14.3 Å². The van der Waals surface area contributed by atoms with Crippen molar-refractivity contribution < 1.29 is 5.11 Å². The maximum absolute atomic E-state index is 11.6. The molecule has 0 amide bonds. The lowest BCUT2D eigenvalue weighted by molar-refractivity contribution is 0.372. The van der Waals surface area contributed by atoms with Gasteiger partial charge in [-0.2, -0.15) is 11.8 Å². The lowest BCUT2D eigenvalue weighted by Crippen LogP contribution is -2.33. The van der Waals surface area contributed by atoms with E-state index in [1.54, 1.807) is 18.7 Å². The van der Waals surface area contributed by atoms with Gasteiger partial charge in [0.25, 0.3) is 5.56 Å². The third kappa shape index (κ3) is 3.15. The molecule has 6 heteroatoms. The van der Waals surface area contributed by atoms with Crippen LogP contribution in [-0.2, 0) is 13.0 Å². The van der Waals surface area contributed by atoms with Gasteiger partial charge in [-0.15, -0.1) is 0 Å². The van der Waals surface area contributed by atoms with Crippen molar-refractivity contribution in [3.8, 4) is 5.88 Å². The average molecular weight is 258 g/mol. The van der Waals surface area contributed by atoms with Crippen LogP contribution in [0.1, 0.15) is 19.4 Å². The van der Waals surface area contributed by atoms with Crippen molar-refractivity contribution in [1.29, 1.82) is 0 Å². The Bertz CT molecular complexity index is 492. The summed E-state index contributed by atoms with van der Waals surface area (Å²) in [6, 6.07) is 0. The smallest absolute Gasteiger partial charge is 0.331 e. The highest BCUT2D eigenvalue weighted by molar-refractivity contribution is 7.98. The summed E-state index contributed by atoms with van der Waals surface area (Å²) in [7, 11) is 0. The minimum atomic E-state index is -0.544. The second-order valence-corrected chi connectivity index (χ2v) is 5.00. The molecule has 1 aromatic heterocycles. The van der Waals surface area contributed by atoms with E-state index >= 15 is 0 Å². The van der Waals surface area contributed by atoms with Gasteiger partial charge in [0.2, 0.25) is 5.88 Å². The number of aromatic nitrogens is 2. The Morgan fingerprint density at radius 1 is 1.47 bits per heavy atom. The summed E-state index contributed by atoms with van der Waals surface area (Å²) in [5, 5.41) is 9.90. The first-order chi connectivity index (χ1) is 8.01. The molecule has 1 atom stereocenters. The van der Waals surface area contributed by atoms with Crippen LogP contribution >= 0.6 is 11.8 Å². The molecule has 1 unspecified atom stereocenters. The van der Waals surface area contributed by atoms with Crippen molar-refractivity contribution in [2.75, 3.05) is 12.0 Å². The van der Waals surface area contributed by atoms with Gasteiger partial charge in [-0.1, -0.05) is 13.8 Å². The Kier molecular flexibility index (Phi) is 4.86. The molecule has 0 bridgehead atoms. The number of nitrogens with one attached hydrogen (secondary N) is 1. The fraction of sp³-hybridized carbons (Fsp3) is 0.636. The SMILES string of the molecule is CCc1c(O)n(CC(C)CSC)c(=O)[nH]c1=O. The van der Waals surface area contributed by atoms with Gasteiger partial charge in [0.05, 0.1) is 5.56 Å². The van der Waals surface area contributed by atoms with E-state index < -0.39 is 11.2 Å². The van der Waals surface area contributed by atoms with Crippen LogP contribution in [-0.4, -0.2) is 26.7 Å². The van der Waals surface area contributed by atoms with E-state index in [1.165, 1.54) is 4.57 Å². The normalized spacial score (nSPS) is 12.6. The summed E-state index contributed by atoms with van der Waals surface area (Å²) < 4.78 is 1.24. The van der Waals surface area contributed by atoms with Gasteiger partial charge >= 0.3 is 5.69 Å². The Labute approximate surface area is 104 Å². The van der Waals surface area contributed by atoms with E-state index in [9.17, 15) is 14.7 Å². The van der Waals surface area contributed by atoms with Crippen molar-refractivity contribution in [3.05, 3.63) is 26.4 Å². The minimum absolute atomic E-state index is 0.200. The molecule has 0 radical (unpaired) electrons. The Morgan fingerprint density at radius 3 is 2.65 bits per heavy atom. The monoisotopic (exact) mass is 258 g/mol. The Hall–Kier alpha value is -1.17. The first kappa shape index (κ1) is 13.9. The van der Waals surface area contributed by atoms with E-state index in [1.807, 2.05) is 13.2 Å². The highest BCUT2D eigenvalue weighted by Gasteiger charge is 2.14. The summed E-state index contributed by atoms with van der Waals surface area (Å²) in [6.45, 7) is 4.18. The molecule has 5 nitrogen and oxygen atoms in total. The molecule has 96 valence electrons. The van der Waals surface area contributed by atoms with Crippen molar-refractivity contribution in [2.45, 2.75) is 26.8 Å². The molecule has 0 saturated heterocycles. The molecule has 0 saturated carbocycles. The highest BCUT2D eigenvalue weighted by atomic mass is 32.2. The lowest BCUT2D eigenvalue weighted by atomic mass is 10.2. The molecule has 0 aromatic carbocycles. The van der Waals surface area contributed by atoms with Crippen molar-refractivity contribution in [3.63, 3.8) is 0 Å². The molecule has 0 aliphatic heterocycles. The van der Waals surface area contributed by atoms with Crippen LogP contribution in [0.4, 0.5) is 0 Å². The standard InChI is InChI=1S/C11H18N2O3S/c1-4-8-9(14)12-11(16)13(10(8)15)5-7(2)6-17-3/h7,15H,4-6H2,1-3H3,(H,12,14,16). The maximum Gasteiger partial charge on any atom is 0.331 e. The summed E-state index contributed by atoms with van der Waals surface area (Å²) in [5.74, 6) is 0.949. The first-order valence-corrected chi connectivity index (χ1v) is 6.94. The van der Waals surface area contributed by atoms with Crippen LogP contribution in [0.5, 0.6) is 5.88 Å². The molecular formula is C11H18N2O3S. The van der Waals surface area contributed by atoms with Crippen LogP contribution < -0.4 is 11.2 Å². The minimum Gasteiger partial charge on any atom is -0.494 e. The highest BCUT2D eigenvalue weighted by Crippen LogP contribution is 2.14. The summed E-state index contributed by atoms with van der Waals surface area (Å²) in [4.78, 5) is 25.3. The number of thioether (sulfide) groups is 1. The second-order valence-electron chi connectivity index (χ2n) is 4.09. The zero-order chi connectivity index (χ0) is 13.0. The van der Waals surface area contributed by atoms with E-state index in [-0.39, 0.29) is 17.4 Å². The summed E-state index contributed by atoms with van der Waals surface area (Å²) in [5.41, 5.74) is -0.776. The van der Waals surface area contributed by atoms with E-state index in [2.05, 4.69) is 4.98 Å². The molecule has 0 aliphatic rings. The van der Waals surface area contributed by atoms with Crippen molar-refractivity contribution >= 4 is 11.8 Å². The van der Waals surface area contributed by atoms with Gasteiger partial charge in [-0.05, 0) is 24.3 Å². The van der Waals surface area contributed by atoms with Gasteiger partial charge in [-0.25, -0.2) is 4.79 Å². The quantitative estimate of drug-likeness (QED) is 0.819. The average Bonchev–Trinajstić information content (AvgIpc) is 2.25. The number of nitrogens with zero attached hydrogens (tertiary/aromatic N) is 1. The Balaban J connectivity index is 3.16. The molecule has 0 fully saturated rings. The zero-order valence-electron chi connectivity index (χ0n) is 10.3. The van der Waals surface area contributed by atoms with Crippen LogP contribution in [0.25, 0.3) is 0 Å². The predicted molar refractivity (Wildman–Crippen MR) is 69.9 cm³/mol. The van der Waals surface area contributed by atoms with Gasteiger partial charge < -0.3 is 5.11 Å². The van der Waals surface area contributed by atoms with Crippen LogP contribution in [0.3, 0.4) is 0 Å². The van der Waals surface area contributed by atoms with E-state index in [0.717, 1.165) is 5.75 Å². The van der Waals surface area contributed by atoms with Gasteiger partial charge in [0.1, 0.15) is 0 Å². The number of rotatable bonds is 5. The first-order valence-electron chi connectivity index (χ1n) is 5.55.